The molecule has 1 aliphatic carbocycles. The molecule has 0 radical (unpaired) electrons. The van der Waals surface area contributed by atoms with E-state index < -0.39 is 10.0 Å². The van der Waals surface area contributed by atoms with E-state index in [0.717, 1.165) is 18.4 Å². The van der Waals surface area contributed by atoms with Gasteiger partial charge in [-0.2, -0.15) is 0 Å². The third kappa shape index (κ3) is 3.54. The molecular weight excluding hydrogens is 264 g/mol. The van der Waals surface area contributed by atoms with Gasteiger partial charge in [-0.15, -0.1) is 0 Å². The normalized spacial score (nSPS) is 23.1. The number of hydrogen-bond donors (Lipinski definition) is 2. The molecule has 1 aromatic carbocycles. The first-order valence-corrected chi connectivity index (χ1v) is 7.96. The third-order valence-corrected chi connectivity index (χ3v) is 4.82. The van der Waals surface area contributed by atoms with Crippen LogP contribution < -0.4 is 10.5 Å². The second-order valence-electron chi connectivity index (χ2n) is 4.72. The Morgan fingerprint density at radius 3 is 2.47 bits per heavy atom. The molecule has 1 aliphatic rings. The predicted octanol–water partition coefficient (Wildman–Crippen LogP) is 0.991. The highest BCUT2D eigenvalue weighted by molar-refractivity contribution is 7.89. The molecule has 0 aliphatic heterocycles. The van der Waals surface area contributed by atoms with Crippen molar-refractivity contribution in [1.82, 2.24) is 4.72 Å². The van der Waals surface area contributed by atoms with Crippen LogP contribution in [0, 0.1) is 0 Å². The lowest BCUT2D eigenvalue weighted by Crippen LogP contribution is -2.47. The molecule has 6 heteroatoms. The summed E-state index contributed by atoms with van der Waals surface area (Å²) in [5, 5.41) is 0. The Morgan fingerprint density at radius 2 is 1.95 bits per heavy atom. The Hall–Kier alpha value is -0.950. The molecule has 3 N–H and O–H groups in total. The molecule has 0 aromatic heterocycles. The zero-order chi connectivity index (χ0) is 13.9. The smallest absolute Gasteiger partial charge is 0.240 e. The van der Waals surface area contributed by atoms with E-state index in [1.165, 1.54) is 0 Å². The SMILES string of the molecule is CCOC1CC(NS(=O)(=O)c2ccc(CN)cc2)C1. The average molecular weight is 284 g/mol. The molecule has 0 spiro atoms. The van der Waals surface area contributed by atoms with Gasteiger partial charge < -0.3 is 10.5 Å². The van der Waals surface area contributed by atoms with E-state index in [4.69, 9.17) is 10.5 Å². The van der Waals surface area contributed by atoms with Gasteiger partial charge in [-0.1, -0.05) is 12.1 Å². The van der Waals surface area contributed by atoms with Gasteiger partial charge in [0, 0.05) is 19.2 Å². The van der Waals surface area contributed by atoms with Crippen molar-refractivity contribution < 1.29 is 13.2 Å². The Morgan fingerprint density at radius 1 is 1.32 bits per heavy atom. The van der Waals surface area contributed by atoms with Crippen molar-refractivity contribution in [3.05, 3.63) is 29.8 Å². The molecule has 0 heterocycles. The largest absolute Gasteiger partial charge is 0.378 e. The quantitative estimate of drug-likeness (QED) is 0.816. The molecule has 0 saturated heterocycles. The molecule has 106 valence electrons. The second-order valence-corrected chi connectivity index (χ2v) is 6.43. The van der Waals surface area contributed by atoms with Crippen LogP contribution >= 0.6 is 0 Å². The van der Waals surface area contributed by atoms with Gasteiger partial charge in [0.1, 0.15) is 0 Å². The zero-order valence-corrected chi connectivity index (χ0v) is 11.8. The molecular formula is C13H20N2O3S. The van der Waals surface area contributed by atoms with Crippen molar-refractivity contribution in [3.63, 3.8) is 0 Å². The molecule has 0 atom stereocenters. The van der Waals surface area contributed by atoms with Crippen LogP contribution in [0.5, 0.6) is 0 Å². The standard InChI is InChI=1S/C13H20N2O3S/c1-2-18-12-7-11(8-12)15-19(16,17)13-5-3-10(9-14)4-6-13/h3-6,11-12,15H,2,7-9,14H2,1H3. The van der Waals surface area contributed by atoms with Gasteiger partial charge in [-0.25, -0.2) is 13.1 Å². The fourth-order valence-corrected chi connectivity index (χ4v) is 3.39. The van der Waals surface area contributed by atoms with E-state index in [2.05, 4.69) is 4.72 Å². The summed E-state index contributed by atoms with van der Waals surface area (Å²) in [7, 11) is -3.43. The average Bonchev–Trinajstić information content (AvgIpc) is 2.36. The summed E-state index contributed by atoms with van der Waals surface area (Å²) in [5.41, 5.74) is 6.40. The Balaban J connectivity index is 1.95. The van der Waals surface area contributed by atoms with E-state index in [0.29, 0.717) is 13.2 Å². The Bertz CT molecular complexity index is 507. The molecule has 2 rings (SSSR count). The maximum atomic E-state index is 12.1. The van der Waals surface area contributed by atoms with E-state index in [9.17, 15) is 8.42 Å². The second kappa shape index (κ2) is 6.00. The number of rotatable bonds is 6. The number of ether oxygens (including phenoxy) is 1. The van der Waals surface area contributed by atoms with Gasteiger partial charge in [0.2, 0.25) is 10.0 Å². The van der Waals surface area contributed by atoms with Gasteiger partial charge >= 0.3 is 0 Å². The maximum absolute atomic E-state index is 12.1. The third-order valence-electron chi connectivity index (χ3n) is 3.29. The van der Waals surface area contributed by atoms with Crippen molar-refractivity contribution in [1.29, 1.82) is 0 Å². The summed E-state index contributed by atoms with van der Waals surface area (Å²) < 4.78 is 32.3. The number of nitrogens with two attached hydrogens (primary N) is 1. The van der Waals surface area contributed by atoms with Crippen molar-refractivity contribution in [2.24, 2.45) is 5.73 Å². The predicted molar refractivity (Wildman–Crippen MR) is 73.1 cm³/mol. The molecule has 5 nitrogen and oxygen atoms in total. The van der Waals surface area contributed by atoms with Gasteiger partial charge in [0.25, 0.3) is 0 Å². The topological polar surface area (TPSA) is 81.4 Å². The van der Waals surface area contributed by atoms with Gasteiger partial charge in [0.05, 0.1) is 11.0 Å². The van der Waals surface area contributed by atoms with E-state index >= 15 is 0 Å². The summed E-state index contributed by atoms with van der Waals surface area (Å²) in [6.07, 6.45) is 1.68. The summed E-state index contributed by atoms with van der Waals surface area (Å²) in [6, 6.07) is 6.62. The molecule has 0 bridgehead atoms. The fourth-order valence-electron chi connectivity index (χ4n) is 2.13. The number of benzene rings is 1. The van der Waals surface area contributed by atoms with Crippen molar-refractivity contribution in [3.8, 4) is 0 Å². The fraction of sp³-hybridized carbons (Fsp3) is 0.538. The highest BCUT2D eigenvalue weighted by atomic mass is 32.2. The van der Waals surface area contributed by atoms with Gasteiger partial charge in [0.15, 0.2) is 0 Å². The van der Waals surface area contributed by atoms with Crippen LogP contribution in [-0.2, 0) is 21.3 Å². The lowest BCUT2D eigenvalue weighted by Gasteiger charge is -2.35. The summed E-state index contributed by atoms with van der Waals surface area (Å²) in [4.78, 5) is 0.282. The van der Waals surface area contributed by atoms with Gasteiger partial charge in [-0.3, -0.25) is 0 Å². The number of nitrogens with one attached hydrogen (secondary N) is 1. The van der Waals surface area contributed by atoms with Gasteiger partial charge in [-0.05, 0) is 37.5 Å². The van der Waals surface area contributed by atoms with Crippen LogP contribution in [0.25, 0.3) is 0 Å². The van der Waals surface area contributed by atoms with Crippen LogP contribution in [0.1, 0.15) is 25.3 Å². The minimum atomic E-state index is -3.43. The van der Waals surface area contributed by atoms with E-state index in [1.54, 1.807) is 24.3 Å². The molecule has 1 fully saturated rings. The molecule has 1 saturated carbocycles. The minimum Gasteiger partial charge on any atom is -0.378 e. The maximum Gasteiger partial charge on any atom is 0.240 e. The van der Waals surface area contributed by atoms with Crippen molar-refractivity contribution in [2.45, 2.75) is 43.4 Å². The van der Waals surface area contributed by atoms with Crippen LogP contribution in [0.3, 0.4) is 0 Å². The number of hydrogen-bond acceptors (Lipinski definition) is 4. The molecule has 1 aromatic rings. The number of sulfonamides is 1. The lowest BCUT2D eigenvalue weighted by atomic mass is 9.90. The first kappa shape index (κ1) is 14.5. The monoisotopic (exact) mass is 284 g/mol. The first-order chi connectivity index (χ1) is 9.05. The van der Waals surface area contributed by atoms with E-state index in [1.807, 2.05) is 6.92 Å². The summed E-state index contributed by atoms with van der Waals surface area (Å²) >= 11 is 0. The summed E-state index contributed by atoms with van der Waals surface area (Å²) in [5.74, 6) is 0. The van der Waals surface area contributed by atoms with Crippen LogP contribution in [0.4, 0.5) is 0 Å². The highest BCUT2D eigenvalue weighted by Gasteiger charge is 2.32. The van der Waals surface area contributed by atoms with Crippen molar-refractivity contribution in [2.75, 3.05) is 6.61 Å². The first-order valence-electron chi connectivity index (χ1n) is 6.48. The highest BCUT2D eigenvalue weighted by Crippen LogP contribution is 2.25. The zero-order valence-electron chi connectivity index (χ0n) is 11.0. The van der Waals surface area contributed by atoms with Crippen molar-refractivity contribution >= 4 is 10.0 Å². The summed E-state index contributed by atoms with van der Waals surface area (Å²) in [6.45, 7) is 3.02. The van der Waals surface area contributed by atoms with E-state index in [-0.39, 0.29) is 17.0 Å². The van der Waals surface area contributed by atoms with Crippen LogP contribution in [0.15, 0.2) is 29.2 Å². The molecule has 0 amide bonds. The Kier molecular flexibility index (Phi) is 4.57. The van der Waals surface area contributed by atoms with Crippen LogP contribution in [0.2, 0.25) is 0 Å². The lowest BCUT2D eigenvalue weighted by molar-refractivity contribution is -0.00475. The molecule has 0 unspecified atom stereocenters. The Labute approximate surface area is 114 Å². The van der Waals surface area contributed by atoms with Crippen LogP contribution in [-0.4, -0.2) is 27.2 Å². The molecule has 19 heavy (non-hydrogen) atoms. The minimum absolute atomic E-state index is 0.0178.